The highest BCUT2D eigenvalue weighted by atomic mass is 35.5. The molecule has 0 amide bonds. The van der Waals surface area contributed by atoms with Crippen LogP contribution in [-0.2, 0) is 0 Å². The summed E-state index contributed by atoms with van der Waals surface area (Å²) in [6, 6.07) is 11.9. The van der Waals surface area contributed by atoms with Gasteiger partial charge in [0.15, 0.2) is 0 Å². The van der Waals surface area contributed by atoms with Gasteiger partial charge in [-0.3, -0.25) is 0 Å². The van der Waals surface area contributed by atoms with Gasteiger partial charge in [-0.1, -0.05) is 37.6 Å². The molecule has 0 fully saturated rings. The summed E-state index contributed by atoms with van der Waals surface area (Å²) in [5.41, 5.74) is 1.24. The summed E-state index contributed by atoms with van der Waals surface area (Å²) in [4.78, 5) is 0. The van der Waals surface area contributed by atoms with E-state index in [1.54, 1.807) is 0 Å². The van der Waals surface area contributed by atoms with Crippen molar-refractivity contribution >= 4 is 11.6 Å². The van der Waals surface area contributed by atoms with Crippen molar-refractivity contribution in [3.63, 3.8) is 0 Å². The summed E-state index contributed by atoms with van der Waals surface area (Å²) in [5, 5.41) is 0.267. The fraction of sp³-hybridized carbons (Fsp3) is 0.200. The summed E-state index contributed by atoms with van der Waals surface area (Å²) < 4.78 is 18.5. The average molecular weight is 265 g/mol. The monoisotopic (exact) mass is 264 g/mol. The van der Waals surface area contributed by atoms with Gasteiger partial charge >= 0.3 is 0 Å². The highest BCUT2D eigenvalue weighted by Crippen LogP contribution is 2.30. The van der Waals surface area contributed by atoms with Crippen LogP contribution in [-0.4, -0.2) is 0 Å². The molecule has 0 heterocycles. The van der Waals surface area contributed by atoms with Crippen LogP contribution in [0.2, 0.25) is 5.02 Å². The van der Waals surface area contributed by atoms with Gasteiger partial charge in [0.2, 0.25) is 0 Å². The van der Waals surface area contributed by atoms with Crippen LogP contribution in [0.25, 0.3) is 0 Å². The van der Waals surface area contributed by atoms with E-state index in [1.165, 1.54) is 23.8 Å². The van der Waals surface area contributed by atoms with E-state index in [9.17, 15) is 4.39 Å². The van der Waals surface area contributed by atoms with Crippen molar-refractivity contribution in [2.45, 2.75) is 19.8 Å². The number of rotatable bonds is 3. The first kappa shape index (κ1) is 12.9. The summed E-state index contributed by atoms with van der Waals surface area (Å²) in [5.74, 6) is 1.25. The van der Waals surface area contributed by atoms with E-state index >= 15 is 0 Å². The molecule has 0 aliphatic carbocycles. The molecule has 0 atom stereocenters. The third kappa shape index (κ3) is 3.02. The third-order valence-corrected chi connectivity index (χ3v) is 2.96. The molecule has 0 N–H and O–H groups in total. The lowest BCUT2D eigenvalue weighted by Crippen LogP contribution is -1.89. The zero-order valence-corrected chi connectivity index (χ0v) is 11.0. The Morgan fingerprint density at radius 1 is 1.06 bits per heavy atom. The quantitative estimate of drug-likeness (QED) is 0.722. The summed E-state index contributed by atoms with van der Waals surface area (Å²) in [7, 11) is 0. The van der Waals surface area contributed by atoms with E-state index < -0.39 is 0 Å². The molecule has 0 aromatic heterocycles. The second kappa shape index (κ2) is 5.40. The van der Waals surface area contributed by atoms with E-state index in [-0.39, 0.29) is 10.8 Å². The molecule has 0 saturated heterocycles. The highest BCUT2D eigenvalue weighted by Gasteiger charge is 2.05. The highest BCUT2D eigenvalue weighted by molar-refractivity contribution is 6.32. The summed E-state index contributed by atoms with van der Waals surface area (Å²) in [6.45, 7) is 4.26. The third-order valence-electron chi connectivity index (χ3n) is 2.67. The van der Waals surface area contributed by atoms with Gasteiger partial charge in [-0.25, -0.2) is 4.39 Å². The molecule has 1 nitrogen and oxygen atoms in total. The van der Waals surface area contributed by atoms with Crippen LogP contribution in [0.3, 0.4) is 0 Å². The molecule has 0 aliphatic heterocycles. The van der Waals surface area contributed by atoms with Crippen LogP contribution >= 0.6 is 11.6 Å². The van der Waals surface area contributed by atoms with Crippen LogP contribution in [0.1, 0.15) is 25.3 Å². The minimum Gasteiger partial charge on any atom is -0.456 e. The van der Waals surface area contributed by atoms with Crippen LogP contribution in [0.5, 0.6) is 11.5 Å². The molecule has 0 saturated carbocycles. The first-order chi connectivity index (χ1) is 8.56. The topological polar surface area (TPSA) is 9.23 Å². The van der Waals surface area contributed by atoms with Crippen molar-refractivity contribution in [2.24, 2.45) is 0 Å². The smallest absolute Gasteiger partial charge is 0.146 e. The van der Waals surface area contributed by atoms with Crippen LogP contribution < -0.4 is 4.74 Å². The first-order valence-electron chi connectivity index (χ1n) is 5.79. The normalized spacial score (nSPS) is 10.7. The van der Waals surface area contributed by atoms with Crippen molar-refractivity contribution in [3.05, 3.63) is 58.9 Å². The van der Waals surface area contributed by atoms with Gasteiger partial charge in [0, 0.05) is 0 Å². The number of benzene rings is 2. The predicted octanol–water partition coefficient (Wildman–Crippen LogP) is 5.39. The van der Waals surface area contributed by atoms with Gasteiger partial charge in [0.1, 0.15) is 17.3 Å². The lowest BCUT2D eigenvalue weighted by Gasteiger charge is -2.09. The van der Waals surface area contributed by atoms with Gasteiger partial charge in [-0.05, 0) is 41.8 Å². The molecule has 0 unspecified atom stereocenters. The maximum Gasteiger partial charge on any atom is 0.146 e. The van der Waals surface area contributed by atoms with E-state index in [2.05, 4.69) is 13.8 Å². The van der Waals surface area contributed by atoms with Crippen molar-refractivity contribution in [1.29, 1.82) is 0 Å². The second-order valence-electron chi connectivity index (χ2n) is 4.40. The van der Waals surface area contributed by atoms with Crippen LogP contribution in [0, 0.1) is 5.82 Å². The van der Waals surface area contributed by atoms with Gasteiger partial charge in [0.25, 0.3) is 0 Å². The minimum absolute atomic E-state index is 0.267. The molecular formula is C15H14ClFO. The van der Waals surface area contributed by atoms with Gasteiger partial charge in [-0.2, -0.15) is 0 Å². The average Bonchev–Trinajstić information content (AvgIpc) is 2.33. The van der Waals surface area contributed by atoms with E-state index in [0.717, 1.165) is 0 Å². The van der Waals surface area contributed by atoms with E-state index in [4.69, 9.17) is 16.3 Å². The van der Waals surface area contributed by atoms with Crippen molar-refractivity contribution in [2.75, 3.05) is 0 Å². The van der Waals surface area contributed by atoms with Crippen molar-refractivity contribution in [1.82, 2.24) is 0 Å². The zero-order chi connectivity index (χ0) is 13.1. The Bertz CT molecular complexity index is 535. The van der Waals surface area contributed by atoms with E-state index in [1.807, 2.05) is 24.3 Å². The molecular weight excluding hydrogens is 251 g/mol. The minimum atomic E-state index is -0.373. The molecule has 2 aromatic carbocycles. The van der Waals surface area contributed by atoms with Gasteiger partial charge in [0.05, 0.1) is 5.02 Å². The SMILES string of the molecule is CC(C)c1ccc(Oc2ccc(F)cc2Cl)cc1. The molecule has 2 rings (SSSR count). The lowest BCUT2D eigenvalue weighted by atomic mass is 10.0. The second-order valence-corrected chi connectivity index (χ2v) is 4.81. The fourth-order valence-corrected chi connectivity index (χ4v) is 1.81. The Morgan fingerprint density at radius 2 is 1.72 bits per heavy atom. The van der Waals surface area contributed by atoms with Crippen molar-refractivity contribution < 1.29 is 9.13 Å². The Labute approximate surface area is 111 Å². The Kier molecular flexibility index (Phi) is 3.87. The van der Waals surface area contributed by atoms with Crippen LogP contribution in [0.15, 0.2) is 42.5 Å². The van der Waals surface area contributed by atoms with Crippen LogP contribution in [0.4, 0.5) is 4.39 Å². The number of hydrogen-bond acceptors (Lipinski definition) is 1. The van der Waals surface area contributed by atoms with Gasteiger partial charge < -0.3 is 4.74 Å². The predicted molar refractivity (Wildman–Crippen MR) is 72.0 cm³/mol. The molecule has 2 aromatic rings. The molecule has 3 heteroatoms. The fourth-order valence-electron chi connectivity index (χ4n) is 1.61. The Hall–Kier alpha value is -1.54. The maximum atomic E-state index is 12.9. The van der Waals surface area contributed by atoms with Gasteiger partial charge in [-0.15, -0.1) is 0 Å². The summed E-state index contributed by atoms with van der Waals surface area (Å²) in [6.07, 6.45) is 0. The largest absolute Gasteiger partial charge is 0.456 e. The maximum absolute atomic E-state index is 12.9. The molecule has 0 radical (unpaired) electrons. The van der Waals surface area contributed by atoms with E-state index in [0.29, 0.717) is 17.4 Å². The molecule has 0 bridgehead atoms. The number of ether oxygens (including phenoxy) is 1. The summed E-state index contributed by atoms with van der Waals surface area (Å²) >= 11 is 5.90. The Morgan fingerprint density at radius 3 is 2.28 bits per heavy atom. The molecule has 94 valence electrons. The first-order valence-corrected chi connectivity index (χ1v) is 6.17. The molecule has 0 aliphatic rings. The molecule has 18 heavy (non-hydrogen) atoms. The number of hydrogen-bond donors (Lipinski definition) is 0. The number of halogens is 2. The Balaban J connectivity index is 2.18. The molecule has 0 spiro atoms. The van der Waals surface area contributed by atoms with Crippen molar-refractivity contribution in [3.8, 4) is 11.5 Å². The lowest BCUT2D eigenvalue weighted by molar-refractivity contribution is 0.480. The zero-order valence-electron chi connectivity index (χ0n) is 10.3. The standard InChI is InChI=1S/C15H14ClFO/c1-10(2)11-3-6-13(7-4-11)18-15-8-5-12(17)9-14(15)16/h3-10H,1-2H3.